The summed E-state index contributed by atoms with van der Waals surface area (Å²) in [5.74, 6) is 0. The highest BCUT2D eigenvalue weighted by molar-refractivity contribution is 14.1. The first-order chi connectivity index (χ1) is 12.1. The van der Waals surface area contributed by atoms with Gasteiger partial charge in [-0.15, -0.1) is 0 Å². The Hall–Kier alpha value is -0.845. The number of alkyl halides is 1. The summed E-state index contributed by atoms with van der Waals surface area (Å²) >= 11 is 2.15. The van der Waals surface area contributed by atoms with Crippen molar-refractivity contribution < 1.29 is 9.31 Å². The third kappa shape index (κ3) is 9.67. The maximum Gasteiger partial charge on any atom is 0.494 e. The molecule has 1 heterocycles. The lowest BCUT2D eigenvalue weighted by molar-refractivity contribution is 0.00578. The average Bonchev–Trinajstić information content (AvgIpc) is 2.81. The lowest BCUT2D eigenvalue weighted by atomic mass is 9.79. The lowest BCUT2D eigenvalue weighted by Gasteiger charge is -2.32. The van der Waals surface area contributed by atoms with Crippen LogP contribution in [0.4, 0.5) is 0 Å². The standard InChI is InChI=1S/C13H19BO2.C8H10.CH3I.3CH4/c1-10-6-8-11(9-7-10)14-15-12(2,3)13(4,5)16-14;1-7-3-5-8(2)6-4-7;1-2;;;/h6-9H,1-5H3;3-6H,1-2H3;1H3;3*1H4/i;2*1-1;;;. The van der Waals surface area contributed by atoms with Crippen molar-refractivity contribution in [2.24, 2.45) is 0 Å². The molecular weight excluding hydrogens is 468 g/mol. The minimum absolute atomic E-state index is 0. The number of aryl methyl sites for hydroxylation is 3. The first-order valence-corrected chi connectivity index (χ1v) is 11.1. The van der Waals surface area contributed by atoms with Crippen LogP contribution in [0, 0.1) is 20.8 Å². The number of hydrogen-bond acceptors (Lipinski definition) is 2. The van der Waals surface area contributed by atoms with Gasteiger partial charge in [-0.2, -0.15) is 0 Å². The monoisotopic (exact) mass is 512 g/mol. The molecule has 4 heteroatoms. The van der Waals surface area contributed by atoms with Crippen LogP contribution in [0.15, 0.2) is 48.5 Å². The van der Waals surface area contributed by atoms with Gasteiger partial charge in [0.1, 0.15) is 0 Å². The van der Waals surface area contributed by atoms with Gasteiger partial charge < -0.3 is 9.31 Å². The Bertz CT molecular complexity index is 627. The van der Waals surface area contributed by atoms with E-state index in [4.69, 9.17) is 9.31 Å². The zero-order valence-electron chi connectivity index (χ0n) is 17.4. The van der Waals surface area contributed by atoms with Crippen molar-refractivity contribution in [2.75, 3.05) is 4.93 Å². The van der Waals surface area contributed by atoms with E-state index in [1.807, 2.05) is 4.93 Å². The normalized spacial score (nSPS) is 15.1. The van der Waals surface area contributed by atoms with Gasteiger partial charge in [0.2, 0.25) is 0 Å². The van der Waals surface area contributed by atoms with Crippen molar-refractivity contribution >= 4 is 35.2 Å². The molecule has 1 aliphatic heterocycles. The van der Waals surface area contributed by atoms with Gasteiger partial charge in [-0.05, 0) is 58.9 Å². The van der Waals surface area contributed by atoms with Gasteiger partial charge in [0.05, 0.1) is 11.2 Å². The molecule has 2 nitrogen and oxygen atoms in total. The van der Waals surface area contributed by atoms with E-state index in [9.17, 15) is 0 Å². The first-order valence-electron chi connectivity index (χ1n) is 8.94. The second kappa shape index (κ2) is 14.2. The van der Waals surface area contributed by atoms with Crippen LogP contribution < -0.4 is 5.46 Å². The minimum Gasteiger partial charge on any atom is -0.399 e. The minimum atomic E-state index is -0.261. The molecule has 0 amide bonds. The summed E-state index contributed by atoms with van der Waals surface area (Å²) in [4.78, 5) is 1.97. The molecule has 0 atom stereocenters. The highest BCUT2D eigenvalue weighted by Crippen LogP contribution is 2.36. The van der Waals surface area contributed by atoms with Crippen LogP contribution in [0.1, 0.15) is 66.7 Å². The Kier molecular flexibility index (Phi) is 16.1. The van der Waals surface area contributed by atoms with E-state index in [1.54, 1.807) is 0 Å². The molecule has 1 saturated heterocycles. The molecule has 1 fully saturated rings. The van der Waals surface area contributed by atoms with E-state index >= 15 is 0 Å². The highest BCUT2D eigenvalue weighted by atomic mass is 127. The number of halogens is 1. The molecule has 1 aliphatic rings. The Balaban J connectivity index is -0.000000449. The van der Waals surface area contributed by atoms with E-state index in [2.05, 4.69) is 120 Å². The van der Waals surface area contributed by atoms with Crippen LogP contribution in [-0.2, 0) is 9.31 Å². The number of hydrogen-bond donors (Lipinski definition) is 0. The molecule has 166 valence electrons. The topological polar surface area (TPSA) is 18.5 Å². The smallest absolute Gasteiger partial charge is 0.399 e. The molecule has 2 aromatic carbocycles. The molecule has 0 saturated carbocycles. The molecule has 0 bridgehead atoms. The van der Waals surface area contributed by atoms with E-state index in [-0.39, 0.29) is 40.6 Å². The molecule has 0 aliphatic carbocycles. The molecule has 3 rings (SSSR count). The fraction of sp³-hybridized carbons (Fsp3) is 0.520. The summed E-state index contributed by atoms with van der Waals surface area (Å²) in [6.07, 6.45) is 0. The maximum absolute atomic E-state index is 5.97. The van der Waals surface area contributed by atoms with Crippen molar-refractivity contribution in [1.29, 1.82) is 0 Å². The molecule has 0 N–H and O–H groups in total. The fourth-order valence-corrected chi connectivity index (χ4v) is 2.34. The second-order valence-electron chi connectivity index (χ2n) is 7.65. The highest BCUT2D eigenvalue weighted by Gasteiger charge is 2.51. The molecule has 0 spiro atoms. The summed E-state index contributed by atoms with van der Waals surface area (Å²) < 4.78 is 11.9. The largest absolute Gasteiger partial charge is 0.494 e. The molecule has 29 heavy (non-hydrogen) atoms. The van der Waals surface area contributed by atoms with Crippen LogP contribution in [-0.4, -0.2) is 23.3 Å². The van der Waals surface area contributed by atoms with Crippen LogP contribution >= 0.6 is 22.6 Å². The van der Waals surface area contributed by atoms with E-state index < -0.39 is 0 Å². The predicted molar refractivity (Wildman–Crippen MR) is 143 cm³/mol. The fourth-order valence-electron chi connectivity index (χ4n) is 2.34. The first kappa shape index (κ1) is 32.8. The van der Waals surface area contributed by atoms with Gasteiger partial charge in [-0.25, -0.2) is 0 Å². The van der Waals surface area contributed by atoms with Crippen molar-refractivity contribution in [1.82, 2.24) is 0 Å². The van der Waals surface area contributed by atoms with Crippen LogP contribution in [0.25, 0.3) is 0 Å². The third-order valence-corrected chi connectivity index (χ3v) is 4.82. The molecule has 0 unspecified atom stereocenters. The van der Waals surface area contributed by atoms with Gasteiger partial charge >= 0.3 is 7.12 Å². The summed E-state index contributed by atoms with van der Waals surface area (Å²) in [5.41, 5.74) is 4.47. The summed E-state index contributed by atoms with van der Waals surface area (Å²) in [6.45, 7) is 14.6. The number of rotatable bonds is 1. The zero-order valence-corrected chi connectivity index (χ0v) is 19.5. The Morgan fingerprint density at radius 3 is 1.10 bits per heavy atom. The van der Waals surface area contributed by atoms with E-state index in [0.29, 0.717) is 0 Å². The van der Waals surface area contributed by atoms with Crippen LogP contribution in [0.3, 0.4) is 0 Å². The molecule has 0 aromatic heterocycles. The second-order valence-corrected chi connectivity index (χ2v) is 7.65. The third-order valence-electron chi connectivity index (χ3n) is 4.82. The van der Waals surface area contributed by atoms with Crippen molar-refractivity contribution in [2.45, 2.75) is 81.9 Å². The average molecular weight is 512 g/mol. The van der Waals surface area contributed by atoms with Gasteiger partial charge in [-0.3, -0.25) is 0 Å². The van der Waals surface area contributed by atoms with Crippen LogP contribution in [0.5, 0.6) is 0 Å². The summed E-state index contributed by atoms with van der Waals surface area (Å²) in [5, 5.41) is 0. The maximum atomic E-state index is 5.97. The van der Waals surface area contributed by atoms with Crippen molar-refractivity contribution in [3.05, 3.63) is 65.2 Å². The molecule has 2 aromatic rings. The van der Waals surface area contributed by atoms with E-state index in [1.165, 1.54) is 16.7 Å². The molecular formula is C25H44BIO2. The van der Waals surface area contributed by atoms with Gasteiger partial charge in [0, 0.05) is 0 Å². The Morgan fingerprint density at radius 2 is 0.828 bits per heavy atom. The van der Waals surface area contributed by atoms with Crippen molar-refractivity contribution in [3.63, 3.8) is 0 Å². The lowest BCUT2D eigenvalue weighted by Crippen LogP contribution is -2.41. The van der Waals surface area contributed by atoms with Crippen molar-refractivity contribution in [3.8, 4) is 0 Å². The van der Waals surface area contributed by atoms with Gasteiger partial charge in [0.15, 0.2) is 0 Å². The zero-order chi connectivity index (χ0) is 20.0. The summed E-state index contributed by atoms with van der Waals surface area (Å²) in [6, 6.07) is 16.8. The molecule has 0 radical (unpaired) electrons. The van der Waals surface area contributed by atoms with Gasteiger partial charge in [0.25, 0.3) is 0 Å². The predicted octanol–water partition coefficient (Wildman–Crippen LogP) is 7.56. The van der Waals surface area contributed by atoms with Crippen LogP contribution in [0.2, 0.25) is 0 Å². The quantitative estimate of drug-likeness (QED) is 0.223. The van der Waals surface area contributed by atoms with Gasteiger partial charge in [-0.1, -0.05) is 110 Å². The summed E-state index contributed by atoms with van der Waals surface area (Å²) in [7, 11) is -0.245. The van der Waals surface area contributed by atoms with E-state index in [0.717, 1.165) is 5.46 Å². The Labute approximate surface area is 196 Å². The number of benzene rings is 2. The SMILES string of the molecule is C.C.C.Cc1ccc(B2OC(C)(C)C(C)(C)O2)cc1.Cc1ccc([11CH3])cc1.[11CH3]I. The Morgan fingerprint density at radius 1 is 0.586 bits per heavy atom.